The molecule has 0 aliphatic heterocycles. The Hall–Kier alpha value is -1.37. The topological polar surface area (TPSA) is 79.5 Å². The summed E-state index contributed by atoms with van der Waals surface area (Å²) in [5.41, 5.74) is 5.85. The van der Waals surface area contributed by atoms with Gasteiger partial charge in [-0.2, -0.15) is 0 Å². The molecule has 0 saturated heterocycles. The maximum Gasteiger partial charge on any atom is 0.305 e. The van der Waals surface area contributed by atoms with E-state index in [1.54, 1.807) is 0 Å². The second-order valence-corrected chi connectivity index (χ2v) is 9.32. The summed E-state index contributed by atoms with van der Waals surface area (Å²) in [7, 11) is 1.41. The normalized spacial score (nSPS) is 30.6. The molecular weight excluding hydrogens is 362 g/mol. The van der Waals surface area contributed by atoms with Crippen LogP contribution in [0, 0.1) is 23.2 Å². The molecule has 0 aromatic carbocycles. The predicted octanol–water partition coefficient (Wildman–Crippen LogP) is 2.82. The molecule has 4 aliphatic rings. The van der Waals surface area contributed by atoms with Crippen molar-refractivity contribution in [2.75, 3.05) is 13.7 Å². The summed E-state index contributed by atoms with van der Waals surface area (Å²) in [6.07, 6.45) is 11.6. The van der Waals surface area contributed by atoms with Gasteiger partial charge in [-0.15, -0.1) is 0 Å². The molecule has 3 N–H and O–H groups in total. The number of ether oxygens (including phenoxy) is 1. The average molecular weight is 396 g/mol. The van der Waals surface area contributed by atoms with E-state index in [0.717, 1.165) is 43.6 Å². The molecule has 0 heterocycles. The highest BCUT2D eigenvalue weighted by atomic mass is 32.1. The van der Waals surface area contributed by atoms with Crippen LogP contribution in [0.4, 0.5) is 0 Å². The van der Waals surface area contributed by atoms with Crippen LogP contribution >= 0.6 is 12.2 Å². The summed E-state index contributed by atoms with van der Waals surface area (Å²) in [5.74, 6) is 2.47. The van der Waals surface area contributed by atoms with Crippen molar-refractivity contribution in [3.05, 3.63) is 0 Å². The largest absolute Gasteiger partial charge is 0.469 e. The third-order valence-electron chi connectivity index (χ3n) is 6.59. The Labute approximate surface area is 167 Å². The summed E-state index contributed by atoms with van der Waals surface area (Å²) in [6, 6.07) is 0. The SMILES string of the molecule is COC(=O)CCCCCNC(=S)NNC(=O)CC12CC3CC(CC(C3)C1)C2. The van der Waals surface area contributed by atoms with E-state index in [0.29, 0.717) is 18.0 Å². The fourth-order valence-corrected chi connectivity index (χ4v) is 6.09. The van der Waals surface area contributed by atoms with E-state index < -0.39 is 0 Å². The minimum atomic E-state index is -0.165. The summed E-state index contributed by atoms with van der Waals surface area (Å²) < 4.78 is 4.61. The van der Waals surface area contributed by atoms with Gasteiger partial charge in [0.25, 0.3) is 0 Å². The molecule has 7 heteroatoms. The van der Waals surface area contributed by atoms with Crippen LogP contribution in [-0.4, -0.2) is 30.6 Å². The van der Waals surface area contributed by atoms with E-state index in [-0.39, 0.29) is 17.3 Å². The van der Waals surface area contributed by atoms with Crippen LogP contribution in [0.25, 0.3) is 0 Å². The molecule has 0 atom stereocenters. The van der Waals surface area contributed by atoms with Crippen molar-refractivity contribution in [1.29, 1.82) is 0 Å². The van der Waals surface area contributed by atoms with E-state index >= 15 is 0 Å². The number of amides is 1. The van der Waals surface area contributed by atoms with Gasteiger partial charge >= 0.3 is 5.97 Å². The molecule has 152 valence electrons. The van der Waals surface area contributed by atoms with Crippen LogP contribution in [0.3, 0.4) is 0 Å². The number of hydrogen-bond donors (Lipinski definition) is 3. The Kier molecular flexibility index (Phi) is 6.95. The number of thiocarbonyl (C=S) groups is 1. The van der Waals surface area contributed by atoms with Gasteiger partial charge in [-0.25, -0.2) is 0 Å². The van der Waals surface area contributed by atoms with Gasteiger partial charge in [0.05, 0.1) is 7.11 Å². The number of rotatable bonds is 8. The van der Waals surface area contributed by atoms with Gasteiger partial charge in [-0.1, -0.05) is 6.42 Å². The molecular formula is C20H33N3O3S. The van der Waals surface area contributed by atoms with Crippen molar-refractivity contribution in [3.8, 4) is 0 Å². The van der Waals surface area contributed by atoms with Crippen molar-refractivity contribution in [2.24, 2.45) is 23.2 Å². The summed E-state index contributed by atoms with van der Waals surface area (Å²) in [4.78, 5) is 23.5. The summed E-state index contributed by atoms with van der Waals surface area (Å²) in [5, 5.41) is 3.54. The predicted molar refractivity (Wildman–Crippen MR) is 108 cm³/mol. The molecule has 0 unspecified atom stereocenters. The Bertz CT molecular complexity index is 531. The van der Waals surface area contributed by atoms with Gasteiger partial charge in [0.15, 0.2) is 5.11 Å². The number of hydrazine groups is 1. The van der Waals surface area contributed by atoms with Crippen LogP contribution < -0.4 is 16.2 Å². The molecule has 0 radical (unpaired) electrons. The lowest BCUT2D eigenvalue weighted by atomic mass is 9.49. The zero-order valence-electron chi connectivity index (χ0n) is 16.4. The quantitative estimate of drug-likeness (QED) is 0.254. The van der Waals surface area contributed by atoms with Crippen molar-refractivity contribution in [1.82, 2.24) is 16.2 Å². The summed E-state index contributed by atoms with van der Waals surface area (Å²) in [6.45, 7) is 0.720. The maximum absolute atomic E-state index is 12.4. The molecule has 4 saturated carbocycles. The molecule has 6 nitrogen and oxygen atoms in total. The number of nitrogens with one attached hydrogen (secondary N) is 3. The fraction of sp³-hybridized carbons (Fsp3) is 0.850. The second kappa shape index (κ2) is 9.22. The first-order chi connectivity index (χ1) is 13.0. The smallest absolute Gasteiger partial charge is 0.305 e. The maximum atomic E-state index is 12.4. The molecule has 27 heavy (non-hydrogen) atoms. The second-order valence-electron chi connectivity index (χ2n) is 8.91. The van der Waals surface area contributed by atoms with E-state index in [2.05, 4.69) is 20.9 Å². The standard InChI is InChI=1S/C20H33N3O3S/c1-26-18(25)5-3-2-4-6-21-19(27)23-22-17(24)13-20-10-14-7-15(11-20)9-16(8-14)12-20/h14-16H,2-13H2,1H3,(H,22,24)(H2,21,23,27). The zero-order chi connectivity index (χ0) is 19.3. The van der Waals surface area contributed by atoms with E-state index in [1.807, 2.05) is 0 Å². The van der Waals surface area contributed by atoms with Gasteiger partial charge in [0, 0.05) is 19.4 Å². The molecule has 0 aromatic rings. The number of methoxy groups -OCH3 is 1. The Morgan fingerprint density at radius 2 is 1.63 bits per heavy atom. The number of carbonyl (C=O) groups excluding carboxylic acids is 2. The van der Waals surface area contributed by atoms with Crippen LogP contribution in [0.5, 0.6) is 0 Å². The zero-order valence-corrected chi connectivity index (χ0v) is 17.2. The number of hydrogen-bond acceptors (Lipinski definition) is 4. The van der Waals surface area contributed by atoms with Crippen molar-refractivity contribution in [2.45, 2.75) is 70.6 Å². The van der Waals surface area contributed by atoms with Crippen molar-refractivity contribution < 1.29 is 14.3 Å². The lowest BCUT2D eigenvalue weighted by molar-refractivity contribution is -0.140. The summed E-state index contributed by atoms with van der Waals surface area (Å²) >= 11 is 5.22. The van der Waals surface area contributed by atoms with Crippen LogP contribution in [-0.2, 0) is 14.3 Å². The first-order valence-electron chi connectivity index (χ1n) is 10.4. The van der Waals surface area contributed by atoms with Gasteiger partial charge in [0.2, 0.25) is 5.91 Å². The molecule has 4 aliphatic carbocycles. The van der Waals surface area contributed by atoms with Crippen LogP contribution in [0.1, 0.15) is 70.6 Å². The van der Waals surface area contributed by atoms with Crippen LogP contribution in [0.15, 0.2) is 0 Å². The third kappa shape index (κ3) is 5.80. The Balaban J connectivity index is 1.27. The minimum Gasteiger partial charge on any atom is -0.469 e. The minimum absolute atomic E-state index is 0.0548. The molecule has 4 fully saturated rings. The van der Waals surface area contributed by atoms with E-state index in [9.17, 15) is 9.59 Å². The molecule has 4 bridgehead atoms. The Morgan fingerprint density at radius 3 is 2.22 bits per heavy atom. The first-order valence-corrected chi connectivity index (χ1v) is 10.8. The van der Waals surface area contributed by atoms with Gasteiger partial charge in [-0.3, -0.25) is 20.4 Å². The van der Waals surface area contributed by atoms with Crippen molar-refractivity contribution >= 4 is 29.2 Å². The van der Waals surface area contributed by atoms with Crippen LogP contribution in [0.2, 0.25) is 0 Å². The lowest BCUT2D eigenvalue weighted by Gasteiger charge is -2.56. The molecule has 4 rings (SSSR count). The van der Waals surface area contributed by atoms with E-state index in [1.165, 1.54) is 45.6 Å². The fourth-order valence-electron chi connectivity index (χ4n) is 5.94. The molecule has 0 aromatic heterocycles. The van der Waals surface area contributed by atoms with Gasteiger partial charge in [0.1, 0.15) is 0 Å². The Morgan fingerprint density at radius 1 is 1.00 bits per heavy atom. The monoisotopic (exact) mass is 395 g/mol. The molecule has 0 spiro atoms. The third-order valence-corrected chi connectivity index (χ3v) is 6.83. The number of carbonyl (C=O) groups is 2. The highest BCUT2D eigenvalue weighted by Crippen LogP contribution is 2.61. The van der Waals surface area contributed by atoms with Crippen molar-refractivity contribution in [3.63, 3.8) is 0 Å². The number of unbranched alkanes of at least 4 members (excludes halogenated alkanes) is 2. The average Bonchev–Trinajstić information content (AvgIpc) is 2.61. The number of esters is 1. The highest BCUT2D eigenvalue weighted by Gasteiger charge is 2.51. The molecule has 1 amide bonds. The van der Waals surface area contributed by atoms with Gasteiger partial charge < -0.3 is 10.1 Å². The highest BCUT2D eigenvalue weighted by molar-refractivity contribution is 7.80. The lowest BCUT2D eigenvalue weighted by Crippen LogP contribution is -2.51. The van der Waals surface area contributed by atoms with Gasteiger partial charge in [-0.05, 0) is 86.8 Å². The van der Waals surface area contributed by atoms with E-state index in [4.69, 9.17) is 12.2 Å². The first kappa shape index (κ1) is 20.4.